The number of carbonyl (C=O) groups excluding carboxylic acids is 1. The van der Waals surface area contributed by atoms with Crippen molar-refractivity contribution in [3.63, 3.8) is 0 Å². The van der Waals surface area contributed by atoms with E-state index in [4.69, 9.17) is 4.74 Å². The van der Waals surface area contributed by atoms with Crippen LogP contribution in [0.25, 0.3) is 0 Å². The fourth-order valence-corrected chi connectivity index (χ4v) is 2.18. The van der Waals surface area contributed by atoms with Gasteiger partial charge in [0, 0.05) is 6.21 Å². The average molecular weight is 357 g/mol. The van der Waals surface area contributed by atoms with Crippen molar-refractivity contribution < 1.29 is 9.53 Å². The maximum atomic E-state index is 11.8. The molecule has 0 fully saturated rings. The second-order valence-corrected chi connectivity index (χ2v) is 7.71. The molecule has 0 radical (unpaired) electrons. The van der Waals surface area contributed by atoms with Crippen LogP contribution in [0.1, 0.15) is 59.9 Å². The largest absolute Gasteiger partial charge is 0.484 e. The standard InChI is InChI=1S/C22H32N2O2/c1-17(2)8-7-9-18(3)14-15-23-24-21(25)16-26-20-12-10-19(11-13-20)22(4,5)6/h8,10-15H,7,9,16H2,1-6H3,(H,24,25). The Morgan fingerprint density at radius 1 is 1.15 bits per heavy atom. The van der Waals surface area contributed by atoms with Crippen molar-refractivity contribution >= 4 is 12.1 Å². The number of carbonyl (C=O) groups is 1. The van der Waals surface area contributed by atoms with Gasteiger partial charge in [-0.25, -0.2) is 5.43 Å². The molecule has 4 nitrogen and oxygen atoms in total. The quantitative estimate of drug-likeness (QED) is 0.397. The molecule has 0 saturated carbocycles. The van der Waals surface area contributed by atoms with Crippen LogP contribution < -0.4 is 10.2 Å². The lowest BCUT2D eigenvalue weighted by atomic mass is 9.87. The Kier molecular flexibility index (Phi) is 8.83. The van der Waals surface area contributed by atoms with Gasteiger partial charge in [-0.05, 0) is 62.8 Å². The van der Waals surface area contributed by atoms with Gasteiger partial charge < -0.3 is 4.74 Å². The van der Waals surface area contributed by atoms with E-state index in [1.807, 2.05) is 30.3 Å². The van der Waals surface area contributed by atoms with Crippen molar-refractivity contribution in [2.24, 2.45) is 5.10 Å². The first-order chi connectivity index (χ1) is 12.2. The highest BCUT2D eigenvalue weighted by atomic mass is 16.5. The molecule has 0 bridgehead atoms. The van der Waals surface area contributed by atoms with Crippen molar-refractivity contribution in [1.82, 2.24) is 5.43 Å². The highest BCUT2D eigenvalue weighted by Crippen LogP contribution is 2.24. The first-order valence-electron chi connectivity index (χ1n) is 9.03. The topological polar surface area (TPSA) is 50.7 Å². The number of hydrazone groups is 1. The lowest BCUT2D eigenvalue weighted by molar-refractivity contribution is -0.123. The van der Waals surface area contributed by atoms with Gasteiger partial charge in [0.25, 0.3) is 5.91 Å². The van der Waals surface area contributed by atoms with Gasteiger partial charge in [0.15, 0.2) is 6.61 Å². The Morgan fingerprint density at radius 3 is 2.38 bits per heavy atom. The molecule has 0 aliphatic rings. The van der Waals surface area contributed by atoms with Crippen molar-refractivity contribution in [2.75, 3.05) is 6.61 Å². The number of amides is 1. The van der Waals surface area contributed by atoms with Gasteiger partial charge in [-0.1, -0.05) is 50.1 Å². The number of allylic oxidation sites excluding steroid dienone is 4. The van der Waals surface area contributed by atoms with Crippen LogP contribution in [-0.2, 0) is 10.2 Å². The van der Waals surface area contributed by atoms with Gasteiger partial charge >= 0.3 is 0 Å². The molecule has 1 aromatic rings. The van der Waals surface area contributed by atoms with Crippen molar-refractivity contribution in [2.45, 2.75) is 59.8 Å². The molecule has 0 heterocycles. The van der Waals surface area contributed by atoms with Crippen LogP contribution in [0.2, 0.25) is 0 Å². The molecule has 1 amide bonds. The molecule has 1 rings (SSSR count). The summed E-state index contributed by atoms with van der Waals surface area (Å²) < 4.78 is 5.48. The summed E-state index contributed by atoms with van der Waals surface area (Å²) in [7, 11) is 0. The number of nitrogens with one attached hydrogen (secondary N) is 1. The van der Waals surface area contributed by atoms with Crippen molar-refractivity contribution in [1.29, 1.82) is 0 Å². The van der Waals surface area contributed by atoms with Crippen LogP contribution in [0, 0.1) is 0 Å². The van der Waals surface area contributed by atoms with E-state index < -0.39 is 0 Å². The van der Waals surface area contributed by atoms with E-state index in [1.54, 1.807) is 6.21 Å². The predicted octanol–water partition coefficient (Wildman–Crippen LogP) is 5.16. The SMILES string of the molecule is CC(C)=CCCC(C)=CC=NNC(=O)COc1ccc(C(C)(C)C)cc1. The van der Waals surface area contributed by atoms with E-state index in [-0.39, 0.29) is 17.9 Å². The maximum absolute atomic E-state index is 11.8. The summed E-state index contributed by atoms with van der Waals surface area (Å²) in [5.41, 5.74) is 6.34. The van der Waals surface area contributed by atoms with Crippen LogP contribution in [0.15, 0.2) is 52.7 Å². The smallest absolute Gasteiger partial charge is 0.277 e. The molecule has 1 aromatic carbocycles. The van der Waals surface area contributed by atoms with E-state index in [1.165, 1.54) is 16.7 Å². The molecular weight excluding hydrogens is 324 g/mol. The number of hydrogen-bond donors (Lipinski definition) is 1. The minimum Gasteiger partial charge on any atom is -0.484 e. The zero-order valence-electron chi connectivity index (χ0n) is 16.9. The summed E-state index contributed by atoms with van der Waals surface area (Å²) in [5.74, 6) is 0.392. The summed E-state index contributed by atoms with van der Waals surface area (Å²) in [4.78, 5) is 11.8. The van der Waals surface area contributed by atoms with Gasteiger partial charge in [-0.15, -0.1) is 0 Å². The van der Waals surface area contributed by atoms with Crippen LogP contribution in [-0.4, -0.2) is 18.7 Å². The number of benzene rings is 1. The molecule has 142 valence electrons. The fraction of sp³-hybridized carbons (Fsp3) is 0.455. The Bertz CT molecular complexity index is 658. The lowest BCUT2D eigenvalue weighted by Crippen LogP contribution is -2.24. The third-order valence-electron chi connectivity index (χ3n) is 3.80. The van der Waals surface area contributed by atoms with Gasteiger partial charge in [0.05, 0.1) is 0 Å². The Balaban J connectivity index is 2.35. The molecule has 0 aliphatic heterocycles. The summed E-state index contributed by atoms with van der Waals surface area (Å²) in [6, 6.07) is 7.81. The summed E-state index contributed by atoms with van der Waals surface area (Å²) in [5, 5.41) is 3.92. The predicted molar refractivity (Wildman–Crippen MR) is 110 cm³/mol. The summed E-state index contributed by atoms with van der Waals surface area (Å²) in [6.45, 7) is 12.7. The second kappa shape index (κ2) is 10.6. The minimum atomic E-state index is -0.281. The van der Waals surface area contributed by atoms with E-state index in [9.17, 15) is 4.79 Å². The third kappa shape index (κ3) is 9.21. The van der Waals surface area contributed by atoms with E-state index in [2.05, 4.69) is 58.1 Å². The van der Waals surface area contributed by atoms with Gasteiger partial charge in [-0.3, -0.25) is 4.79 Å². The first kappa shape index (κ1) is 21.7. The molecule has 26 heavy (non-hydrogen) atoms. The van der Waals surface area contributed by atoms with Crippen LogP contribution in [0.4, 0.5) is 0 Å². The zero-order chi connectivity index (χ0) is 19.6. The van der Waals surface area contributed by atoms with Crippen LogP contribution in [0.3, 0.4) is 0 Å². The molecule has 4 heteroatoms. The Labute approximate surface area is 158 Å². The number of nitrogens with zero attached hydrogens (tertiary/aromatic N) is 1. The molecular formula is C22H32N2O2. The average Bonchev–Trinajstić information content (AvgIpc) is 2.56. The van der Waals surface area contributed by atoms with Crippen molar-refractivity contribution in [3.8, 4) is 5.75 Å². The van der Waals surface area contributed by atoms with Gasteiger partial charge in [-0.2, -0.15) is 5.10 Å². The Hall–Kier alpha value is -2.36. The van der Waals surface area contributed by atoms with E-state index in [0.29, 0.717) is 5.75 Å². The fourth-order valence-electron chi connectivity index (χ4n) is 2.18. The molecule has 0 spiro atoms. The summed E-state index contributed by atoms with van der Waals surface area (Å²) in [6.07, 6.45) is 7.73. The second-order valence-electron chi connectivity index (χ2n) is 7.71. The molecule has 0 aliphatic carbocycles. The molecule has 0 atom stereocenters. The molecule has 0 saturated heterocycles. The number of ether oxygens (including phenoxy) is 1. The van der Waals surface area contributed by atoms with Gasteiger partial charge in [0.2, 0.25) is 0 Å². The minimum absolute atomic E-state index is 0.0600. The summed E-state index contributed by atoms with van der Waals surface area (Å²) >= 11 is 0. The molecule has 1 N–H and O–H groups in total. The number of rotatable bonds is 8. The first-order valence-corrected chi connectivity index (χ1v) is 9.03. The zero-order valence-corrected chi connectivity index (χ0v) is 16.9. The molecule has 0 unspecified atom stereocenters. The van der Waals surface area contributed by atoms with E-state index in [0.717, 1.165) is 12.8 Å². The third-order valence-corrected chi connectivity index (χ3v) is 3.80. The highest BCUT2D eigenvalue weighted by molar-refractivity contribution is 5.79. The number of hydrogen-bond acceptors (Lipinski definition) is 3. The lowest BCUT2D eigenvalue weighted by Gasteiger charge is -2.19. The van der Waals surface area contributed by atoms with Gasteiger partial charge in [0.1, 0.15) is 5.75 Å². The highest BCUT2D eigenvalue weighted by Gasteiger charge is 2.13. The van der Waals surface area contributed by atoms with Crippen LogP contribution in [0.5, 0.6) is 5.75 Å². The van der Waals surface area contributed by atoms with Crippen LogP contribution >= 0.6 is 0 Å². The monoisotopic (exact) mass is 356 g/mol. The van der Waals surface area contributed by atoms with Crippen molar-refractivity contribution in [3.05, 3.63) is 53.1 Å². The van der Waals surface area contributed by atoms with E-state index >= 15 is 0 Å². The normalized spacial score (nSPS) is 12.2. The maximum Gasteiger partial charge on any atom is 0.277 e. The molecule has 0 aromatic heterocycles. The Morgan fingerprint density at radius 2 is 1.81 bits per heavy atom.